The van der Waals surface area contributed by atoms with E-state index in [1.807, 2.05) is 12.1 Å². The lowest BCUT2D eigenvalue weighted by Gasteiger charge is -2.37. The molecule has 1 saturated heterocycles. The molecule has 1 fully saturated rings. The third-order valence-electron chi connectivity index (χ3n) is 4.72. The molecule has 0 aliphatic carbocycles. The van der Waals surface area contributed by atoms with Crippen molar-refractivity contribution in [3.63, 3.8) is 0 Å². The van der Waals surface area contributed by atoms with Gasteiger partial charge in [-0.2, -0.15) is 0 Å². The highest BCUT2D eigenvalue weighted by molar-refractivity contribution is 6.42. The molecule has 3 rings (SSSR count). The maximum atomic E-state index is 13.0. The zero-order chi connectivity index (χ0) is 19.7. The number of rotatable bonds is 3. The predicted octanol–water partition coefficient (Wildman–Crippen LogP) is 5.96. The number of piperidine rings is 1. The molecule has 3 N–H and O–H groups in total. The first kappa shape index (κ1) is 20.1. The average Bonchev–Trinajstić information content (AvgIpc) is 2.56. The Labute approximate surface area is 174 Å². The summed E-state index contributed by atoms with van der Waals surface area (Å²) in [5, 5.41) is 3.78. The number of hydrogen-bond acceptors (Lipinski definition) is 3. The number of carbonyl (C=O) groups is 1. The number of halogens is 3. The number of nitrogen functional groups attached to an aromatic ring is 1. The number of anilines is 3. The predicted molar refractivity (Wildman–Crippen MR) is 115 cm³/mol. The molecule has 2 atom stereocenters. The first-order chi connectivity index (χ1) is 12.7. The fourth-order valence-corrected chi connectivity index (χ4v) is 4.62. The Balaban J connectivity index is 1.94. The largest absolute Gasteiger partial charge is 0.399 e. The number of nitrogens with zero attached hydrogens (tertiary/aromatic N) is 1. The van der Waals surface area contributed by atoms with Gasteiger partial charge < -0.3 is 16.0 Å². The van der Waals surface area contributed by atoms with Gasteiger partial charge in [-0.1, -0.05) is 48.7 Å². The topological polar surface area (TPSA) is 58.4 Å². The Hall–Kier alpha value is -1.62. The summed E-state index contributed by atoms with van der Waals surface area (Å²) >= 11 is 18.4. The van der Waals surface area contributed by atoms with Crippen LogP contribution in [0.5, 0.6) is 0 Å². The molecular weight excluding hydrogens is 405 g/mol. The summed E-state index contributed by atoms with van der Waals surface area (Å²) in [5.74, 6) is 0.805. The minimum absolute atomic E-state index is 0.284. The maximum absolute atomic E-state index is 13.0. The van der Waals surface area contributed by atoms with E-state index < -0.39 is 0 Å². The molecule has 0 unspecified atom stereocenters. The molecule has 0 saturated carbocycles. The Morgan fingerprint density at radius 1 is 1.07 bits per heavy atom. The van der Waals surface area contributed by atoms with E-state index in [1.165, 1.54) is 6.42 Å². The third-order valence-corrected chi connectivity index (χ3v) is 5.53. The van der Waals surface area contributed by atoms with E-state index in [9.17, 15) is 4.79 Å². The van der Waals surface area contributed by atoms with Gasteiger partial charge in [0.1, 0.15) is 0 Å². The minimum Gasteiger partial charge on any atom is -0.399 e. The molecule has 1 aliphatic heterocycles. The van der Waals surface area contributed by atoms with Gasteiger partial charge in [0.2, 0.25) is 0 Å². The fourth-order valence-electron chi connectivity index (χ4n) is 3.71. The first-order valence-electron chi connectivity index (χ1n) is 8.85. The summed E-state index contributed by atoms with van der Waals surface area (Å²) in [4.78, 5) is 15.3. The average molecular weight is 427 g/mol. The quantitative estimate of drug-likeness (QED) is 0.595. The highest BCUT2D eigenvalue weighted by atomic mass is 35.5. The van der Waals surface area contributed by atoms with Crippen LogP contribution in [0.3, 0.4) is 0 Å². The Morgan fingerprint density at radius 3 is 2.26 bits per heavy atom. The number of hydrogen-bond donors (Lipinski definition) is 2. The second kappa shape index (κ2) is 8.17. The summed E-state index contributed by atoms with van der Waals surface area (Å²) < 4.78 is 0. The summed E-state index contributed by atoms with van der Waals surface area (Å²) in [7, 11) is 0. The van der Waals surface area contributed by atoms with E-state index in [4.69, 9.17) is 40.5 Å². The van der Waals surface area contributed by atoms with Crippen molar-refractivity contribution >= 4 is 57.8 Å². The van der Waals surface area contributed by atoms with Crippen molar-refractivity contribution in [3.05, 3.63) is 51.0 Å². The minimum atomic E-state index is -0.311. The number of amides is 1. The zero-order valence-corrected chi connectivity index (χ0v) is 17.5. The molecule has 1 heterocycles. The van der Waals surface area contributed by atoms with Gasteiger partial charge in [-0.15, -0.1) is 0 Å². The van der Waals surface area contributed by atoms with Crippen LogP contribution in [0.1, 0.15) is 30.6 Å². The van der Waals surface area contributed by atoms with Crippen molar-refractivity contribution in [2.24, 2.45) is 11.8 Å². The molecule has 27 heavy (non-hydrogen) atoms. The maximum Gasteiger partial charge on any atom is 0.257 e. The van der Waals surface area contributed by atoms with Crippen molar-refractivity contribution in [2.45, 2.75) is 20.3 Å². The monoisotopic (exact) mass is 425 g/mol. The molecule has 7 heteroatoms. The van der Waals surface area contributed by atoms with Gasteiger partial charge in [0.25, 0.3) is 5.91 Å². The van der Waals surface area contributed by atoms with Crippen LogP contribution >= 0.6 is 34.8 Å². The van der Waals surface area contributed by atoms with Crippen LogP contribution in [-0.4, -0.2) is 19.0 Å². The summed E-state index contributed by atoms with van der Waals surface area (Å²) in [6.45, 7) is 6.26. The normalized spacial score (nSPS) is 19.8. The van der Waals surface area contributed by atoms with E-state index in [1.54, 1.807) is 18.2 Å². The summed E-state index contributed by atoms with van der Waals surface area (Å²) in [5.41, 5.74) is 8.17. The van der Waals surface area contributed by atoms with Gasteiger partial charge in [0, 0.05) is 29.5 Å². The van der Waals surface area contributed by atoms with Gasteiger partial charge in [-0.05, 0) is 48.6 Å². The molecular formula is C20H22Cl3N3O. The van der Waals surface area contributed by atoms with Gasteiger partial charge in [0.15, 0.2) is 0 Å². The highest BCUT2D eigenvalue weighted by Crippen LogP contribution is 2.35. The molecule has 0 aromatic heterocycles. The van der Waals surface area contributed by atoms with Crippen LogP contribution < -0.4 is 16.0 Å². The summed E-state index contributed by atoms with van der Waals surface area (Å²) in [6, 6.07) is 8.49. The van der Waals surface area contributed by atoms with Crippen molar-refractivity contribution < 1.29 is 4.79 Å². The van der Waals surface area contributed by atoms with Gasteiger partial charge in [-0.3, -0.25) is 4.79 Å². The number of nitrogens with two attached hydrogens (primary N) is 1. The van der Waals surface area contributed by atoms with E-state index in [0.717, 1.165) is 18.8 Å². The molecule has 0 spiro atoms. The SMILES string of the molecule is C[C@H]1C[C@H](C)CN(c2ccc(N)cc2C(=O)Nc2c(Cl)cc(Cl)cc2Cl)C1. The van der Waals surface area contributed by atoms with Crippen molar-refractivity contribution in [1.82, 2.24) is 0 Å². The number of nitrogens with one attached hydrogen (secondary N) is 1. The van der Waals surface area contributed by atoms with Crippen molar-refractivity contribution in [1.29, 1.82) is 0 Å². The molecule has 1 aliphatic rings. The van der Waals surface area contributed by atoms with Crippen LogP contribution in [0, 0.1) is 11.8 Å². The number of benzene rings is 2. The molecule has 2 aromatic rings. The van der Waals surface area contributed by atoms with E-state index in [2.05, 4.69) is 24.1 Å². The highest BCUT2D eigenvalue weighted by Gasteiger charge is 2.26. The lowest BCUT2D eigenvalue weighted by molar-refractivity contribution is 0.102. The fraction of sp³-hybridized carbons (Fsp3) is 0.350. The zero-order valence-electron chi connectivity index (χ0n) is 15.2. The van der Waals surface area contributed by atoms with E-state index in [0.29, 0.717) is 33.8 Å². The Morgan fingerprint density at radius 2 is 1.67 bits per heavy atom. The van der Waals surface area contributed by atoms with Gasteiger partial charge in [-0.25, -0.2) is 0 Å². The molecule has 144 valence electrons. The van der Waals surface area contributed by atoms with E-state index in [-0.39, 0.29) is 16.0 Å². The first-order valence-corrected chi connectivity index (χ1v) is 9.98. The molecule has 1 amide bonds. The second-order valence-corrected chi connectivity index (χ2v) is 8.58. The second-order valence-electron chi connectivity index (χ2n) is 7.33. The van der Waals surface area contributed by atoms with Crippen LogP contribution in [0.25, 0.3) is 0 Å². The Kier molecular flexibility index (Phi) is 6.09. The van der Waals surface area contributed by atoms with Gasteiger partial charge >= 0.3 is 0 Å². The van der Waals surface area contributed by atoms with Crippen LogP contribution in [-0.2, 0) is 0 Å². The van der Waals surface area contributed by atoms with Crippen molar-refractivity contribution in [3.8, 4) is 0 Å². The van der Waals surface area contributed by atoms with E-state index >= 15 is 0 Å². The smallest absolute Gasteiger partial charge is 0.257 e. The van der Waals surface area contributed by atoms with Crippen molar-refractivity contribution in [2.75, 3.05) is 29.0 Å². The van der Waals surface area contributed by atoms with Crippen LogP contribution in [0.4, 0.5) is 17.1 Å². The lowest BCUT2D eigenvalue weighted by atomic mass is 9.91. The summed E-state index contributed by atoms with van der Waals surface area (Å²) in [6.07, 6.45) is 1.18. The Bertz CT molecular complexity index is 839. The van der Waals surface area contributed by atoms with Gasteiger partial charge in [0.05, 0.1) is 21.3 Å². The third kappa shape index (κ3) is 4.63. The molecule has 4 nitrogen and oxygen atoms in total. The number of carbonyl (C=O) groups excluding carboxylic acids is 1. The molecule has 2 aromatic carbocycles. The standard InChI is InChI=1S/C20H22Cl3N3O/c1-11-5-12(2)10-26(9-11)18-4-3-14(24)8-15(18)20(27)25-19-16(22)6-13(21)7-17(19)23/h3-4,6-8,11-12H,5,9-10,24H2,1-2H3,(H,25,27)/t11-,12-/m0/s1. The molecule has 0 radical (unpaired) electrons. The van der Waals surface area contributed by atoms with Crippen LogP contribution in [0.2, 0.25) is 15.1 Å². The lowest BCUT2D eigenvalue weighted by Crippen LogP contribution is -2.39. The molecule has 0 bridgehead atoms. The van der Waals surface area contributed by atoms with Crippen LogP contribution in [0.15, 0.2) is 30.3 Å².